The van der Waals surface area contributed by atoms with E-state index in [1.54, 1.807) is 20.2 Å². The first-order chi connectivity index (χ1) is 12.9. The average Bonchev–Trinajstić information content (AvgIpc) is 2.88. The van der Waals surface area contributed by atoms with Gasteiger partial charge < -0.3 is 9.47 Å². The van der Waals surface area contributed by atoms with Crippen LogP contribution in [-0.2, 0) is 11.4 Å². The number of benzene rings is 2. The van der Waals surface area contributed by atoms with Crippen molar-refractivity contribution in [1.82, 2.24) is 4.90 Å². The lowest BCUT2D eigenvalue weighted by Crippen LogP contribution is -2.22. The highest BCUT2D eigenvalue weighted by Crippen LogP contribution is 2.39. The number of thioether (sulfide) groups is 1. The molecule has 0 bridgehead atoms. The first kappa shape index (κ1) is 19.9. The number of carbonyl (C=O) groups excluding carboxylic acids is 1. The third-order valence-corrected chi connectivity index (χ3v) is 6.11. The molecule has 3 rings (SSSR count). The Morgan fingerprint density at radius 3 is 2.56 bits per heavy atom. The molecule has 2 aromatic rings. The number of thiocarbonyl (C=S) groups is 1. The van der Waals surface area contributed by atoms with Crippen molar-refractivity contribution in [1.29, 1.82) is 0 Å². The van der Waals surface area contributed by atoms with E-state index in [2.05, 4.69) is 35.0 Å². The van der Waals surface area contributed by atoms with Gasteiger partial charge in [0.25, 0.3) is 5.91 Å². The standard InChI is InChI=1S/C20H18BrNO3S2/c1-12-4-6-13(7-5-12)11-25-18-15(21)8-14(9-16(18)24-3)10-17-19(23)22(2)20(26)27-17/h4-10H,11H2,1-3H3/b17-10-. The van der Waals surface area contributed by atoms with Crippen molar-refractivity contribution in [3.05, 3.63) is 62.5 Å². The molecule has 2 aromatic carbocycles. The van der Waals surface area contributed by atoms with Gasteiger partial charge in [-0.3, -0.25) is 9.69 Å². The van der Waals surface area contributed by atoms with Crippen LogP contribution in [0.3, 0.4) is 0 Å². The first-order valence-electron chi connectivity index (χ1n) is 8.16. The van der Waals surface area contributed by atoms with Crippen LogP contribution in [0.25, 0.3) is 6.08 Å². The van der Waals surface area contributed by atoms with Gasteiger partial charge in [0.05, 0.1) is 16.5 Å². The van der Waals surface area contributed by atoms with Crippen molar-refractivity contribution in [2.24, 2.45) is 0 Å². The van der Waals surface area contributed by atoms with Crippen LogP contribution in [0.2, 0.25) is 0 Å². The van der Waals surface area contributed by atoms with Crippen molar-refractivity contribution in [3.63, 3.8) is 0 Å². The first-order valence-corrected chi connectivity index (χ1v) is 10.2. The maximum atomic E-state index is 12.2. The van der Waals surface area contributed by atoms with Gasteiger partial charge in [-0.2, -0.15) is 0 Å². The van der Waals surface area contributed by atoms with E-state index in [0.29, 0.717) is 27.3 Å². The van der Waals surface area contributed by atoms with Crippen LogP contribution in [0.1, 0.15) is 16.7 Å². The molecule has 1 heterocycles. The van der Waals surface area contributed by atoms with Gasteiger partial charge in [0, 0.05) is 7.05 Å². The topological polar surface area (TPSA) is 38.8 Å². The highest BCUT2D eigenvalue weighted by molar-refractivity contribution is 9.10. The molecule has 1 aliphatic rings. The average molecular weight is 464 g/mol. The molecule has 1 saturated heterocycles. The second kappa shape index (κ2) is 8.46. The third kappa shape index (κ3) is 4.54. The molecule has 4 nitrogen and oxygen atoms in total. The molecule has 1 aliphatic heterocycles. The fourth-order valence-corrected chi connectivity index (χ4v) is 4.25. The van der Waals surface area contributed by atoms with Crippen LogP contribution in [0, 0.1) is 6.92 Å². The summed E-state index contributed by atoms with van der Waals surface area (Å²) in [6, 6.07) is 11.9. The number of ether oxygens (including phenoxy) is 2. The van der Waals surface area contributed by atoms with Gasteiger partial charge in [0.2, 0.25) is 0 Å². The van der Waals surface area contributed by atoms with Gasteiger partial charge in [-0.05, 0) is 52.2 Å². The van der Waals surface area contributed by atoms with Crippen molar-refractivity contribution >= 4 is 56.2 Å². The summed E-state index contributed by atoms with van der Waals surface area (Å²) in [7, 11) is 3.27. The van der Waals surface area contributed by atoms with E-state index in [1.165, 1.54) is 22.2 Å². The molecule has 140 valence electrons. The van der Waals surface area contributed by atoms with Gasteiger partial charge >= 0.3 is 0 Å². The quantitative estimate of drug-likeness (QED) is 0.451. The fraction of sp³-hybridized carbons (Fsp3) is 0.200. The van der Waals surface area contributed by atoms with Gasteiger partial charge in [0.15, 0.2) is 11.5 Å². The number of rotatable bonds is 5. The van der Waals surface area contributed by atoms with E-state index in [-0.39, 0.29) is 5.91 Å². The number of carbonyl (C=O) groups is 1. The summed E-state index contributed by atoms with van der Waals surface area (Å²) in [5, 5.41) is 0. The number of halogens is 1. The van der Waals surface area contributed by atoms with Gasteiger partial charge in [-0.1, -0.05) is 53.8 Å². The van der Waals surface area contributed by atoms with E-state index >= 15 is 0 Å². The monoisotopic (exact) mass is 463 g/mol. The lowest BCUT2D eigenvalue weighted by molar-refractivity contribution is -0.121. The summed E-state index contributed by atoms with van der Waals surface area (Å²) in [5.41, 5.74) is 3.11. The maximum Gasteiger partial charge on any atom is 0.265 e. The Kier molecular flexibility index (Phi) is 6.24. The molecular formula is C20H18BrNO3S2. The van der Waals surface area contributed by atoms with Gasteiger partial charge in [-0.15, -0.1) is 0 Å². The van der Waals surface area contributed by atoms with Crippen molar-refractivity contribution in [2.45, 2.75) is 13.5 Å². The van der Waals surface area contributed by atoms with E-state index in [9.17, 15) is 4.79 Å². The van der Waals surface area contributed by atoms with Gasteiger partial charge in [0.1, 0.15) is 10.9 Å². The molecule has 0 aromatic heterocycles. The molecule has 0 spiro atoms. The minimum absolute atomic E-state index is 0.0974. The largest absolute Gasteiger partial charge is 0.493 e. The van der Waals surface area contributed by atoms with Crippen LogP contribution in [0.15, 0.2) is 45.8 Å². The molecule has 0 radical (unpaired) electrons. The smallest absolute Gasteiger partial charge is 0.265 e. The predicted molar refractivity (Wildman–Crippen MR) is 117 cm³/mol. The summed E-state index contributed by atoms with van der Waals surface area (Å²) < 4.78 is 12.8. The number of methoxy groups -OCH3 is 1. The number of hydrogen-bond donors (Lipinski definition) is 0. The number of aryl methyl sites for hydroxylation is 1. The zero-order valence-corrected chi connectivity index (χ0v) is 18.3. The number of nitrogens with zero attached hydrogens (tertiary/aromatic N) is 1. The zero-order chi connectivity index (χ0) is 19.6. The number of hydrogen-bond acceptors (Lipinski definition) is 5. The van der Waals surface area contributed by atoms with Crippen LogP contribution in [0.5, 0.6) is 11.5 Å². The Morgan fingerprint density at radius 2 is 1.96 bits per heavy atom. The van der Waals surface area contributed by atoms with E-state index in [0.717, 1.165) is 15.6 Å². The van der Waals surface area contributed by atoms with E-state index < -0.39 is 0 Å². The normalized spacial score (nSPS) is 15.6. The SMILES string of the molecule is COc1cc(/C=C2\SC(=S)N(C)C2=O)cc(Br)c1OCc1ccc(C)cc1. The summed E-state index contributed by atoms with van der Waals surface area (Å²) in [5.74, 6) is 1.12. The predicted octanol–water partition coefficient (Wildman–Crippen LogP) is 5.18. The van der Waals surface area contributed by atoms with Crippen molar-refractivity contribution in [3.8, 4) is 11.5 Å². The zero-order valence-electron chi connectivity index (χ0n) is 15.1. The Morgan fingerprint density at radius 1 is 1.26 bits per heavy atom. The highest BCUT2D eigenvalue weighted by atomic mass is 79.9. The minimum atomic E-state index is -0.0974. The lowest BCUT2D eigenvalue weighted by atomic mass is 10.1. The third-order valence-electron chi connectivity index (χ3n) is 4.04. The summed E-state index contributed by atoms with van der Waals surface area (Å²) >= 11 is 10.0. The van der Waals surface area contributed by atoms with E-state index in [4.69, 9.17) is 21.7 Å². The Labute approximate surface area is 176 Å². The Balaban J connectivity index is 1.84. The minimum Gasteiger partial charge on any atom is -0.493 e. The molecule has 1 amide bonds. The Hall–Kier alpha value is -1.83. The highest BCUT2D eigenvalue weighted by Gasteiger charge is 2.28. The van der Waals surface area contributed by atoms with Crippen molar-refractivity contribution < 1.29 is 14.3 Å². The summed E-state index contributed by atoms with van der Waals surface area (Å²) in [6.45, 7) is 2.48. The van der Waals surface area contributed by atoms with Crippen LogP contribution < -0.4 is 9.47 Å². The summed E-state index contributed by atoms with van der Waals surface area (Å²) in [4.78, 5) is 14.2. The van der Waals surface area contributed by atoms with Gasteiger partial charge in [-0.25, -0.2) is 0 Å². The molecule has 0 aliphatic carbocycles. The fourth-order valence-electron chi connectivity index (χ4n) is 2.50. The molecular weight excluding hydrogens is 446 g/mol. The van der Waals surface area contributed by atoms with E-state index in [1.807, 2.05) is 24.3 Å². The number of amides is 1. The van der Waals surface area contributed by atoms with Crippen molar-refractivity contribution in [2.75, 3.05) is 14.2 Å². The Bertz CT molecular complexity index is 926. The molecule has 0 unspecified atom stereocenters. The number of likely N-dealkylation sites (N-methyl/N-ethyl adjacent to an activating group) is 1. The summed E-state index contributed by atoms with van der Waals surface area (Å²) in [6.07, 6.45) is 1.81. The van der Waals surface area contributed by atoms with Crippen LogP contribution in [0.4, 0.5) is 0 Å². The second-order valence-electron chi connectivity index (χ2n) is 6.05. The molecule has 1 fully saturated rings. The molecule has 7 heteroatoms. The molecule has 27 heavy (non-hydrogen) atoms. The second-order valence-corrected chi connectivity index (χ2v) is 8.58. The van der Waals surface area contributed by atoms with Crippen LogP contribution >= 0.6 is 39.9 Å². The maximum absolute atomic E-state index is 12.2. The molecule has 0 atom stereocenters. The van der Waals surface area contributed by atoms with Crippen LogP contribution in [-0.4, -0.2) is 29.3 Å². The molecule has 0 N–H and O–H groups in total. The molecule has 0 saturated carbocycles. The lowest BCUT2D eigenvalue weighted by Gasteiger charge is -2.14.